The first-order chi connectivity index (χ1) is 11.5. The number of amides is 1. The van der Waals surface area contributed by atoms with Gasteiger partial charge in [-0.05, 0) is 18.2 Å². The number of nitrogens with one attached hydrogen (secondary N) is 2. The van der Waals surface area contributed by atoms with E-state index < -0.39 is 0 Å². The number of aromatic nitrogens is 2. The molecule has 2 rings (SSSR count). The molecule has 0 radical (unpaired) electrons. The van der Waals surface area contributed by atoms with Crippen LogP contribution < -0.4 is 15.8 Å². The number of likely N-dealkylation sites (N-methyl/N-ethyl adjacent to an activating group) is 1. The van der Waals surface area contributed by atoms with E-state index >= 15 is 0 Å². The maximum atomic E-state index is 11.9. The molecule has 0 fully saturated rings. The summed E-state index contributed by atoms with van der Waals surface area (Å²) in [6, 6.07) is 10.4. The Kier molecular flexibility index (Phi) is 6.52. The van der Waals surface area contributed by atoms with Crippen LogP contribution in [0.2, 0.25) is 5.02 Å². The number of aryl methyl sites for hydroxylation is 1. The van der Waals surface area contributed by atoms with Gasteiger partial charge in [0.15, 0.2) is 0 Å². The van der Waals surface area contributed by atoms with Crippen LogP contribution >= 0.6 is 11.6 Å². The zero-order valence-corrected chi connectivity index (χ0v) is 14.6. The summed E-state index contributed by atoms with van der Waals surface area (Å²) in [7, 11) is 4.05. The normalized spacial score (nSPS) is 10.8. The molecule has 0 atom stereocenters. The van der Waals surface area contributed by atoms with Gasteiger partial charge in [0.1, 0.15) is 0 Å². The SMILES string of the molecule is C[NH+](C)CCNC(=O)CCn1nc(-c2ccc(Cl)cc2)ccc1=O. The Bertz CT molecular complexity index is 741. The van der Waals surface area contributed by atoms with Gasteiger partial charge in [0.2, 0.25) is 5.91 Å². The average Bonchev–Trinajstić information content (AvgIpc) is 2.54. The van der Waals surface area contributed by atoms with Crippen molar-refractivity contribution in [3.8, 4) is 11.3 Å². The van der Waals surface area contributed by atoms with Crippen molar-refractivity contribution >= 4 is 17.5 Å². The van der Waals surface area contributed by atoms with E-state index in [2.05, 4.69) is 10.4 Å². The summed E-state index contributed by atoms with van der Waals surface area (Å²) in [4.78, 5) is 25.0. The third-order valence-corrected chi connectivity index (χ3v) is 3.76. The standard InChI is InChI=1S/C17H21ClN4O2/c1-21(2)12-10-19-16(23)9-11-22-17(24)8-7-15(20-22)13-3-5-14(18)6-4-13/h3-8H,9-12H2,1-2H3,(H,19,23)/p+1. The van der Waals surface area contributed by atoms with Crippen LogP contribution in [0.15, 0.2) is 41.2 Å². The summed E-state index contributed by atoms with van der Waals surface area (Å²) in [5.74, 6) is -0.0816. The molecular weight excluding hydrogens is 328 g/mol. The second kappa shape index (κ2) is 8.61. The third kappa shape index (κ3) is 5.47. The summed E-state index contributed by atoms with van der Waals surface area (Å²) in [6.45, 7) is 1.73. The maximum absolute atomic E-state index is 11.9. The first-order valence-electron chi connectivity index (χ1n) is 7.85. The van der Waals surface area contributed by atoms with Crippen molar-refractivity contribution in [1.29, 1.82) is 0 Å². The number of nitrogens with zero attached hydrogens (tertiary/aromatic N) is 2. The fourth-order valence-electron chi connectivity index (χ4n) is 2.13. The van der Waals surface area contributed by atoms with E-state index in [-0.39, 0.29) is 24.4 Å². The van der Waals surface area contributed by atoms with Gasteiger partial charge < -0.3 is 10.2 Å². The van der Waals surface area contributed by atoms with Crippen LogP contribution in [0.4, 0.5) is 0 Å². The zero-order valence-electron chi connectivity index (χ0n) is 13.9. The number of carbonyl (C=O) groups excluding carboxylic acids is 1. The summed E-state index contributed by atoms with van der Waals surface area (Å²) >= 11 is 5.88. The molecule has 2 aromatic rings. The molecule has 0 bridgehead atoms. The number of carbonyl (C=O) groups is 1. The monoisotopic (exact) mass is 349 g/mol. The minimum Gasteiger partial charge on any atom is -0.350 e. The average molecular weight is 350 g/mol. The van der Waals surface area contributed by atoms with Crippen LogP contribution in [0.5, 0.6) is 0 Å². The van der Waals surface area contributed by atoms with Gasteiger partial charge in [0, 0.05) is 23.1 Å². The number of halogens is 1. The molecule has 6 nitrogen and oxygen atoms in total. The molecule has 24 heavy (non-hydrogen) atoms. The number of benzene rings is 1. The Labute approximate surface area is 146 Å². The zero-order chi connectivity index (χ0) is 17.5. The van der Waals surface area contributed by atoms with Crippen molar-refractivity contribution in [3.05, 3.63) is 51.8 Å². The predicted molar refractivity (Wildman–Crippen MR) is 94.2 cm³/mol. The van der Waals surface area contributed by atoms with E-state index in [0.29, 0.717) is 17.3 Å². The highest BCUT2D eigenvalue weighted by molar-refractivity contribution is 6.30. The summed E-state index contributed by atoms with van der Waals surface area (Å²) in [5, 5.41) is 7.81. The molecule has 128 valence electrons. The van der Waals surface area contributed by atoms with Crippen molar-refractivity contribution in [2.75, 3.05) is 27.2 Å². The topological polar surface area (TPSA) is 68.4 Å². The number of rotatable bonds is 7. The lowest BCUT2D eigenvalue weighted by Crippen LogP contribution is -3.06. The lowest BCUT2D eigenvalue weighted by molar-refractivity contribution is -0.856. The Morgan fingerprint density at radius 2 is 1.92 bits per heavy atom. The van der Waals surface area contributed by atoms with Gasteiger partial charge >= 0.3 is 0 Å². The lowest BCUT2D eigenvalue weighted by atomic mass is 10.1. The minimum absolute atomic E-state index is 0.0816. The Morgan fingerprint density at radius 3 is 2.58 bits per heavy atom. The van der Waals surface area contributed by atoms with Crippen LogP contribution in [-0.2, 0) is 11.3 Å². The van der Waals surface area contributed by atoms with Gasteiger partial charge in [0.05, 0.1) is 39.4 Å². The van der Waals surface area contributed by atoms with Crippen molar-refractivity contribution in [2.45, 2.75) is 13.0 Å². The van der Waals surface area contributed by atoms with Crippen molar-refractivity contribution in [2.24, 2.45) is 0 Å². The predicted octanol–water partition coefficient (Wildman–Crippen LogP) is 0.215. The Hall–Kier alpha value is -2.18. The van der Waals surface area contributed by atoms with Crippen molar-refractivity contribution in [3.63, 3.8) is 0 Å². The largest absolute Gasteiger partial charge is 0.350 e. The highest BCUT2D eigenvalue weighted by atomic mass is 35.5. The molecule has 2 N–H and O–H groups in total. The molecule has 0 saturated heterocycles. The van der Waals surface area contributed by atoms with E-state index in [1.807, 2.05) is 26.2 Å². The smallest absolute Gasteiger partial charge is 0.266 e. The summed E-state index contributed by atoms with van der Waals surface area (Å²) in [5.41, 5.74) is 1.31. The molecule has 1 aromatic carbocycles. The van der Waals surface area contributed by atoms with Crippen LogP contribution in [0.25, 0.3) is 11.3 Å². The lowest BCUT2D eigenvalue weighted by Gasteiger charge is -2.09. The van der Waals surface area contributed by atoms with Gasteiger partial charge in [0.25, 0.3) is 5.56 Å². The molecule has 0 aliphatic heterocycles. The van der Waals surface area contributed by atoms with Crippen LogP contribution in [0.1, 0.15) is 6.42 Å². The van der Waals surface area contributed by atoms with E-state index in [1.165, 1.54) is 15.6 Å². The van der Waals surface area contributed by atoms with E-state index in [9.17, 15) is 9.59 Å². The number of hydrogen-bond donors (Lipinski definition) is 2. The van der Waals surface area contributed by atoms with Crippen LogP contribution in [0, 0.1) is 0 Å². The van der Waals surface area contributed by atoms with E-state index in [0.717, 1.165) is 12.1 Å². The Balaban J connectivity index is 2.00. The van der Waals surface area contributed by atoms with Crippen molar-refractivity contribution in [1.82, 2.24) is 15.1 Å². The maximum Gasteiger partial charge on any atom is 0.266 e. The third-order valence-electron chi connectivity index (χ3n) is 3.50. The summed E-state index contributed by atoms with van der Waals surface area (Å²) < 4.78 is 1.32. The number of quaternary nitrogens is 1. The fourth-order valence-corrected chi connectivity index (χ4v) is 2.26. The van der Waals surface area contributed by atoms with E-state index in [1.54, 1.807) is 18.2 Å². The van der Waals surface area contributed by atoms with Gasteiger partial charge in [-0.1, -0.05) is 23.7 Å². The molecule has 0 aliphatic carbocycles. The molecule has 0 unspecified atom stereocenters. The second-order valence-corrected chi connectivity index (χ2v) is 6.28. The number of hydrogen-bond acceptors (Lipinski definition) is 3. The second-order valence-electron chi connectivity index (χ2n) is 5.84. The molecule has 0 saturated carbocycles. The fraction of sp³-hybridized carbons (Fsp3) is 0.353. The van der Waals surface area contributed by atoms with Gasteiger partial charge in [-0.15, -0.1) is 0 Å². The Morgan fingerprint density at radius 1 is 1.21 bits per heavy atom. The highest BCUT2D eigenvalue weighted by Gasteiger charge is 2.07. The molecular formula is C17H22ClN4O2+. The van der Waals surface area contributed by atoms with Gasteiger partial charge in [-0.25, -0.2) is 4.68 Å². The molecule has 0 spiro atoms. The van der Waals surface area contributed by atoms with Crippen LogP contribution in [-0.4, -0.2) is 42.9 Å². The molecule has 7 heteroatoms. The molecule has 1 amide bonds. The quantitative estimate of drug-likeness (QED) is 0.751. The first-order valence-corrected chi connectivity index (χ1v) is 8.23. The first kappa shape index (κ1) is 18.2. The van der Waals surface area contributed by atoms with Gasteiger partial charge in [-0.3, -0.25) is 9.59 Å². The van der Waals surface area contributed by atoms with Gasteiger partial charge in [-0.2, -0.15) is 5.10 Å². The van der Waals surface area contributed by atoms with Crippen LogP contribution in [0.3, 0.4) is 0 Å². The minimum atomic E-state index is -0.224. The summed E-state index contributed by atoms with van der Waals surface area (Å²) in [6.07, 6.45) is 0.222. The molecule has 1 aromatic heterocycles. The van der Waals surface area contributed by atoms with E-state index in [4.69, 9.17) is 11.6 Å². The molecule has 0 aliphatic rings. The highest BCUT2D eigenvalue weighted by Crippen LogP contribution is 2.18. The molecule has 1 heterocycles. The van der Waals surface area contributed by atoms with Crippen molar-refractivity contribution < 1.29 is 9.69 Å².